The minimum atomic E-state index is -1.02. The zero-order valence-electron chi connectivity index (χ0n) is 12.3. The van der Waals surface area contributed by atoms with E-state index in [1.165, 1.54) is 0 Å². The van der Waals surface area contributed by atoms with E-state index < -0.39 is 5.60 Å². The Morgan fingerprint density at radius 3 is 2.77 bits per heavy atom. The minimum absolute atomic E-state index is 0.0762. The maximum Gasteiger partial charge on any atom is 0.253 e. The molecule has 1 amide bonds. The number of aliphatic hydroxyl groups is 1. The van der Waals surface area contributed by atoms with Gasteiger partial charge in [0.2, 0.25) is 0 Å². The second-order valence-corrected chi connectivity index (χ2v) is 5.79. The summed E-state index contributed by atoms with van der Waals surface area (Å²) < 4.78 is 4.64. The van der Waals surface area contributed by atoms with Gasteiger partial charge in [-0.15, -0.1) is 6.42 Å². The molecule has 0 bridgehead atoms. The molecule has 0 atom stereocenters. The summed E-state index contributed by atoms with van der Waals surface area (Å²) in [7, 11) is 1.78. The first-order valence-electron chi connectivity index (χ1n) is 7.22. The van der Waals surface area contributed by atoms with E-state index in [1.807, 2.05) is 0 Å². The van der Waals surface area contributed by atoms with Crippen LogP contribution in [0.2, 0.25) is 0 Å². The van der Waals surface area contributed by atoms with Gasteiger partial charge in [0.25, 0.3) is 5.91 Å². The fraction of sp³-hybridized carbons (Fsp3) is 0.438. The van der Waals surface area contributed by atoms with Gasteiger partial charge in [0.05, 0.1) is 0 Å². The van der Waals surface area contributed by atoms with Gasteiger partial charge in [-0.3, -0.25) is 4.79 Å². The molecule has 1 aliphatic carbocycles. The van der Waals surface area contributed by atoms with Gasteiger partial charge in [-0.2, -0.15) is 0 Å². The third-order valence-corrected chi connectivity index (χ3v) is 4.42. The highest BCUT2D eigenvalue weighted by Gasteiger charge is 2.34. The summed E-state index contributed by atoms with van der Waals surface area (Å²) in [5.41, 5.74) is 0.704. The Hall–Kier alpha value is -2.39. The van der Waals surface area contributed by atoms with E-state index in [4.69, 9.17) is 6.42 Å². The molecule has 0 unspecified atom stereocenters. The molecule has 0 spiro atoms. The van der Waals surface area contributed by atoms with Crippen molar-refractivity contribution in [2.24, 2.45) is 0 Å². The molecule has 0 aliphatic heterocycles. The summed E-state index contributed by atoms with van der Waals surface area (Å²) in [4.78, 5) is 14.3. The van der Waals surface area contributed by atoms with E-state index in [0.29, 0.717) is 42.3 Å². The van der Waals surface area contributed by atoms with Crippen LogP contribution in [0.4, 0.5) is 0 Å². The number of hydrogen-bond acceptors (Lipinski definition) is 5. The highest BCUT2D eigenvalue weighted by Crippen LogP contribution is 2.30. The van der Waals surface area contributed by atoms with Crippen LogP contribution in [0.1, 0.15) is 36.0 Å². The summed E-state index contributed by atoms with van der Waals surface area (Å²) in [5.74, 6) is 2.36. The Kier molecular flexibility index (Phi) is 3.59. The van der Waals surface area contributed by atoms with Gasteiger partial charge in [-0.25, -0.2) is 4.63 Å². The Morgan fingerprint density at radius 1 is 1.41 bits per heavy atom. The molecule has 6 nitrogen and oxygen atoms in total. The second kappa shape index (κ2) is 5.43. The number of benzene rings is 1. The van der Waals surface area contributed by atoms with Gasteiger partial charge >= 0.3 is 0 Å². The van der Waals surface area contributed by atoms with Crippen molar-refractivity contribution in [3.63, 3.8) is 0 Å². The average Bonchev–Trinajstić information content (AvgIpc) is 3.02. The van der Waals surface area contributed by atoms with Crippen LogP contribution >= 0.6 is 0 Å². The lowest BCUT2D eigenvalue weighted by molar-refractivity contribution is 0.0281. The molecule has 1 saturated carbocycles. The van der Waals surface area contributed by atoms with Crippen LogP contribution in [0.3, 0.4) is 0 Å². The smallest absolute Gasteiger partial charge is 0.253 e. The summed E-state index contributed by atoms with van der Waals surface area (Å²) in [6, 6.07) is 5.18. The quantitative estimate of drug-likeness (QED) is 0.852. The molecule has 1 aromatic heterocycles. The Balaban J connectivity index is 1.73. The van der Waals surface area contributed by atoms with Crippen LogP contribution in [0, 0.1) is 12.3 Å². The first-order chi connectivity index (χ1) is 10.5. The van der Waals surface area contributed by atoms with Crippen molar-refractivity contribution >= 4 is 16.9 Å². The van der Waals surface area contributed by atoms with Crippen LogP contribution in [0.25, 0.3) is 11.0 Å². The minimum Gasteiger partial charge on any atom is -0.378 e. The van der Waals surface area contributed by atoms with Gasteiger partial charge in [0.15, 0.2) is 0 Å². The largest absolute Gasteiger partial charge is 0.378 e. The number of carbonyl (C=O) groups excluding carboxylic acids is 1. The molecular formula is C16H17N3O3. The summed E-state index contributed by atoms with van der Waals surface area (Å²) in [5, 5.41) is 17.5. The third-order valence-electron chi connectivity index (χ3n) is 4.42. The van der Waals surface area contributed by atoms with E-state index in [1.54, 1.807) is 30.1 Å². The van der Waals surface area contributed by atoms with Gasteiger partial charge in [-0.1, -0.05) is 5.92 Å². The normalized spacial score (nSPS) is 24.9. The lowest BCUT2D eigenvalue weighted by Gasteiger charge is -2.37. The van der Waals surface area contributed by atoms with Crippen molar-refractivity contribution in [3.8, 4) is 12.3 Å². The molecule has 1 aliphatic rings. The van der Waals surface area contributed by atoms with Crippen LogP contribution in [-0.2, 0) is 0 Å². The number of nitrogens with zero attached hydrogens (tertiary/aromatic N) is 3. The van der Waals surface area contributed by atoms with Gasteiger partial charge < -0.3 is 10.0 Å². The van der Waals surface area contributed by atoms with Gasteiger partial charge in [0.1, 0.15) is 16.6 Å². The van der Waals surface area contributed by atoms with E-state index >= 15 is 0 Å². The number of carbonyl (C=O) groups is 1. The van der Waals surface area contributed by atoms with Crippen molar-refractivity contribution in [2.45, 2.75) is 37.3 Å². The molecule has 1 aromatic carbocycles. The van der Waals surface area contributed by atoms with Crippen molar-refractivity contribution < 1.29 is 14.5 Å². The predicted octanol–water partition coefficient (Wildman–Crippen LogP) is 1.60. The predicted molar refractivity (Wildman–Crippen MR) is 79.9 cm³/mol. The summed E-state index contributed by atoms with van der Waals surface area (Å²) in [6.45, 7) is 0. The number of hydrogen-bond donors (Lipinski definition) is 1. The Labute approximate surface area is 128 Å². The van der Waals surface area contributed by atoms with Crippen LogP contribution in [-0.4, -0.2) is 44.9 Å². The van der Waals surface area contributed by atoms with E-state index in [0.717, 1.165) is 0 Å². The van der Waals surface area contributed by atoms with Crippen molar-refractivity contribution in [2.75, 3.05) is 7.05 Å². The van der Waals surface area contributed by atoms with Crippen molar-refractivity contribution in [1.29, 1.82) is 0 Å². The van der Waals surface area contributed by atoms with Crippen LogP contribution in [0.15, 0.2) is 22.8 Å². The molecule has 1 fully saturated rings. The van der Waals surface area contributed by atoms with Crippen molar-refractivity contribution in [3.05, 3.63) is 23.8 Å². The summed E-state index contributed by atoms with van der Waals surface area (Å²) in [6.07, 6.45) is 7.76. The molecule has 0 radical (unpaired) electrons. The maximum absolute atomic E-state index is 12.6. The topological polar surface area (TPSA) is 79.5 Å². The molecule has 3 rings (SSSR count). The van der Waals surface area contributed by atoms with E-state index in [9.17, 15) is 9.90 Å². The first kappa shape index (κ1) is 14.5. The standard InChI is InChI=1S/C16H17N3O3/c1-3-16(21)8-6-12(7-9-16)19(2)15(20)11-4-5-13-14(10-11)18-22-17-13/h1,4-5,10,12,21H,6-9H2,2H3. The SMILES string of the molecule is C#CC1(O)CCC(N(C)C(=O)c2ccc3nonc3c2)CC1. The van der Waals surface area contributed by atoms with Crippen LogP contribution in [0.5, 0.6) is 0 Å². The summed E-state index contributed by atoms with van der Waals surface area (Å²) >= 11 is 0. The van der Waals surface area contributed by atoms with Gasteiger partial charge in [-0.05, 0) is 54.2 Å². The lowest BCUT2D eigenvalue weighted by atomic mass is 9.82. The van der Waals surface area contributed by atoms with E-state index in [2.05, 4.69) is 20.9 Å². The van der Waals surface area contributed by atoms with Gasteiger partial charge in [0, 0.05) is 18.7 Å². The number of fused-ring (bicyclic) bond motifs is 1. The number of terminal acetylenes is 1. The molecule has 22 heavy (non-hydrogen) atoms. The average molecular weight is 299 g/mol. The fourth-order valence-electron chi connectivity index (χ4n) is 2.90. The maximum atomic E-state index is 12.6. The fourth-order valence-corrected chi connectivity index (χ4v) is 2.90. The lowest BCUT2D eigenvalue weighted by Crippen LogP contribution is -2.43. The zero-order chi connectivity index (χ0) is 15.7. The molecule has 114 valence electrons. The third kappa shape index (κ3) is 2.55. The molecule has 1 N–H and O–H groups in total. The number of amides is 1. The number of aromatic nitrogens is 2. The Morgan fingerprint density at radius 2 is 2.09 bits per heavy atom. The van der Waals surface area contributed by atoms with Crippen molar-refractivity contribution in [1.82, 2.24) is 15.2 Å². The molecule has 1 heterocycles. The zero-order valence-corrected chi connectivity index (χ0v) is 12.3. The first-order valence-corrected chi connectivity index (χ1v) is 7.22. The second-order valence-electron chi connectivity index (χ2n) is 5.79. The monoisotopic (exact) mass is 299 g/mol. The molecular weight excluding hydrogens is 282 g/mol. The highest BCUT2D eigenvalue weighted by molar-refractivity contribution is 5.97. The van der Waals surface area contributed by atoms with Crippen LogP contribution < -0.4 is 0 Å². The highest BCUT2D eigenvalue weighted by atomic mass is 16.6. The molecule has 6 heteroatoms. The molecule has 0 saturated heterocycles. The molecule has 2 aromatic rings. The number of rotatable bonds is 2. The van der Waals surface area contributed by atoms with E-state index in [-0.39, 0.29) is 11.9 Å². The Bertz CT molecular complexity index is 738.